The van der Waals surface area contributed by atoms with E-state index in [2.05, 4.69) is 27.2 Å². The summed E-state index contributed by atoms with van der Waals surface area (Å²) in [7, 11) is 0. The molecule has 5 aromatic heterocycles. The van der Waals surface area contributed by atoms with Gasteiger partial charge in [-0.1, -0.05) is 22.9 Å². The molecule has 5 heterocycles. The normalized spacial score (nSPS) is 11.6. The van der Waals surface area contributed by atoms with Crippen LogP contribution in [0.5, 0.6) is 0 Å². The van der Waals surface area contributed by atoms with E-state index < -0.39 is 0 Å². The molecule has 0 spiro atoms. The minimum absolute atomic E-state index is 0.525. The molecule has 0 saturated carbocycles. The van der Waals surface area contributed by atoms with E-state index >= 15 is 0 Å². The van der Waals surface area contributed by atoms with Crippen molar-refractivity contribution < 1.29 is 0 Å². The molecule has 0 aliphatic carbocycles. The topological polar surface area (TPSA) is 65.3 Å². The molecule has 0 atom stereocenters. The Morgan fingerprint density at radius 1 is 1.08 bits per heavy atom. The fourth-order valence-corrected chi connectivity index (χ4v) is 3.25. The smallest absolute Gasteiger partial charge is 0.137 e. The van der Waals surface area contributed by atoms with Crippen LogP contribution < -0.4 is 0 Å². The van der Waals surface area contributed by atoms with Crippen LogP contribution >= 0.6 is 11.6 Å². The summed E-state index contributed by atoms with van der Waals surface area (Å²) in [5.74, 6) is 0. The highest BCUT2D eigenvalue weighted by Gasteiger charge is 2.11. The zero-order chi connectivity index (χ0) is 17.7. The SMILES string of the molecule is [CH2]c1ccc2nc(Cn3cc(-c4cc(Cl)cn5cncc45)nn3)cn2c1. The summed E-state index contributed by atoms with van der Waals surface area (Å²) in [6.45, 7) is 4.46. The average Bonchev–Trinajstić information content (AvgIpc) is 3.32. The second-order valence-corrected chi connectivity index (χ2v) is 6.53. The molecule has 0 aromatic carbocycles. The van der Waals surface area contributed by atoms with Gasteiger partial charge in [-0.25, -0.2) is 14.6 Å². The highest BCUT2D eigenvalue weighted by molar-refractivity contribution is 6.30. The van der Waals surface area contributed by atoms with Gasteiger partial charge in [-0.15, -0.1) is 5.10 Å². The number of halogens is 1. The molecule has 0 bridgehead atoms. The Labute approximate surface area is 153 Å². The van der Waals surface area contributed by atoms with Crippen LogP contribution in [0.25, 0.3) is 22.4 Å². The molecular formula is C18H13ClN7. The van der Waals surface area contributed by atoms with Crippen LogP contribution in [0, 0.1) is 6.92 Å². The molecule has 0 unspecified atom stereocenters. The summed E-state index contributed by atoms with van der Waals surface area (Å²) in [6, 6.07) is 5.75. The molecule has 26 heavy (non-hydrogen) atoms. The number of aromatic nitrogens is 7. The number of rotatable bonds is 3. The summed E-state index contributed by atoms with van der Waals surface area (Å²) in [5.41, 5.74) is 5.27. The Hall–Kier alpha value is -3.19. The first-order chi connectivity index (χ1) is 12.7. The minimum Gasteiger partial charge on any atom is -0.306 e. The van der Waals surface area contributed by atoms with E-state index in [4.69, 9.17) is 11.6 Å². The Bertz CT molecular complexity index is 1250. The van der Waals surface area contributed by atoms with Crippen molar-refractivity contribution >= 4 is 22.8 Å². The van der Waals surface area contributed by atoms with Crippen LogP contribution in [0.4, 0.5) is 0 Å². The van der Waals surface area contributed by atoms with Gasteiger partial charge in [0.05, 0.1) is 41.5 Å². The minimum atomic E-state index is 0.525. The predicted octanol–water partition coefficient (Wildman–Crippen LogP) is 3.12. The number of hydrogen-bond acceptors (Lipinski definition) is 4. The van der Waals surface area contributed by atoms with Gasteiger partial charge in [-0.05, 0) is 24.6 Å². The lowest BCUT2D eigenvalue weighted by molar-refractivity contribution is 0.641. The van der Waals surface area contributed by atoms with Crippen molar-refractivity contribution in [3.63, 3.8) is 0 Å². The molecule has 0 fully saturated rings. The first kappa shape index (κ1) is 15.1. The van der Waals surface area contributed by atoms with E-state index in [1.54, 1.807) is 17.2 Å². The van der Waals surface area contributed by atoms with Gasteiger partial charge in [0.1, 0.15) is 11.3 Å². The van der Waals surface area contributed by atoms with Gasteiger partial charge < -0.3 is 8.80 Å². The summed E-state index contributed by atoms with van der Waals surface area (Å²) < 4.78 is 5.59. The molecule has 0 saturated heterocycles. The highest BCUT2D eigenvalue weighted by Crippen LogP contribution is 2.26. The van der Waals surface area contributed by atoms with Crippen LogP contribution in [0.3, 0.4) is 0 Å². The van der Waals surface area contributed by atoms with E-state index in [9.17, 15) is 0 Å². The molecule has 0 N–H and O–H groups in total. The van der Waals surface area contributed by atoms with Gasteiger partial charge in [0.15, 0.2) is 0 Å². The Morgan fingerprint density at radius 2 is 2.00 bits per heavy atom. The van der Waals surface area contributed by atoms with Crippen molar-refractivity contribution in [3.05, 3.63) is 78.7 Å². The van der Waals surface area contributed by atoms with E-state index in [1.807, 2.05) is 51.8 Å². The van der Waals surface area contributed by atoms with E-state index in [1.165, 1.54) is 0 Å². The molecule has 0 aliphatic rings. The average molecular weight is 363 g/mol. The number of pyridine rings is 2. The maximum Gasteiger partial charge on any atom is 0.137 e. The molecule has 7 nitrogen and oxygen atoms in total. The highest BCUT2D eigenvalue weighted by atomic mass is 35.5. The monoisotopic (exact) mass is 362 g/mol. The maximum atomic E-state index is 6.20. The standard InChI is InChI=1S/C18H13ClN7/c1-12-2-3-18-21-14(8-24(18)6-12)9-26-10-16(22-23-26)15-4-13(19)7-25-11-20-5-17(15)25/h2-8,10-11H,1,9H2. The molecule has 1 radical (unpaired) electrons. The molecule has 0 amide bonds. The van der Waals surface area contributed by atoms with Gasteiger partial charge in [0, 0.05) is 24.2 Å². The van der Waals surface area contributed by atoms with Crippen LogP contribution in [-0.4, -0.2) is 33.8 Å². The number of nitrogens with zero attached hydrogens (tertiary/aromatic N) is 7. The second-order valence-electron chi connectivity index (χ2n) is 6.09. The van der Waals surface area contributed by atoms with Crippen LogP contribution in [0.2, 0.25) is 5.02 Å². The number of imidazole rings is 2. The lowest BCUT2D eigenvalue weighted by atomic mass is 10.2. The van der Waals surface area contributed by atoms with Gasteiger partial charge in [-0.2, -0.15) is 0 Å². The zero-order valence-electron chi connectivity index (χ0n) is 13.6. The van der Waals surface area contributed by atoms with Gasteiger partial charge in [0.25, 0.3) is 0 Å². The van der Waals surface area contributed by atoms with E-state index in [-0.39, 0.29) is 0 Å². The first-order valence-electron chi connectivity index (χ1n) is 7.97. The third kappa shape index (κ3) is 2.53. The van der Waals surface area contributed by atoms with Crippen molar-refractivity contribution in [2.45, 2.75) is 6.54 Å². The van der Waals surface area contributed by atoms with Gasteiger partial charge >= 0.3 is 0 Å². The Balaban J connectivity index is 1.50. The van der Waals surface area contributed by atoms with Crippen molar-refractivity contribution in [3.8, 4) is 11.3 Å². The van der Waals surface area contributed by atoms with Crippen molar-refractivity contribution in [1.82, 2.24) is 33.8 Å². The lowest BCUT2D eigenvalue weighted by Crippen LogP contribution is -2.00. The summed E-state index contributed by atoms with van der Waals surface area (Å²) in [6.07, 6.45) is 11.1. The van der Waals surface area contributed by atoms with Crippen molar-refractivity contribution in [2.75, 3.05) is 0 Å². The molecule has 5 aromatic rings. The number of fused-ring (bicyclic) bond motifs is 2. The lowest BCUT2D eigenvalue weighted by Gasteiger charge is -2.01. The first-order valence-corrected chi connectivity index (χ1v) is 8.35. The largest absolute Gasteiger partial charge is 0.306 e. The summed E-state index contributed by atoms with van der Waals surface area (Å²) >= 11 is 6.20. The molecule has 5 rings (SSSR count). The molecular weight excluding hydrogens is 350 g/mol. The molecule has 8 heteroatoms. The Kier molecular flexibility index (Phi) is 3.29. The number of hydrogen-bond donors (Lipinski definition) is 0. The molecule has 127 valence electrons. The quantitative estimate of drug-likeness (QED) is 0.494. The van der Waals surface area contributed by atoms with Crippen LogP contribution in [-0.2, 0) is 6.54 Å². The fourth-order valence-electron chi connectivity index (χ4n) is 3.03. The molecule has 0 aliphatic heterocycles. The van der Waals surface area contributed by atoms with E-state index in [0.717, 1.165) is 33.7 Å². The van der Waals surface area contributed by atoms with Gasteiger partial charge in [0.2, 0.25) is 0 Å². The second kappa shape index (κ2) is 5.67. The third-order valence-corrected chi connectivity index (χ3v) is 4.39. The summed E-state index contributed by atoms with van der Waals surface area (Å²) in [4.78, 5) is 8.76. The third-order valence-electron chi connectivity index (χ3n) is 4.19. The van der Waals surface area contributed by atoms with Crippen LogP contribution in [0.15, 0.2) is 55.5 Å². The summed E-state index contributed by atoms with van der Waals surface area (Å²) in [5, 5.41) is 9.13. The van der Waals surface area contributed by atoms with Crippen molar-refractivity contribution in [2.24, 2.45) is 0 Å². The predicted molar refractivity (Wildman–Crippen MR) is 98.0 cm³/mol. The van der Waals surface area contributed by atoms with Crippen LogP contribution in [0.1, 0.15) is 11.3 Å². The zero-order valence-corrected chi connectivity index (χ0v) is 14.4. The maximum absolute atomic E-state index is 6.20. The van der Waals surface area contributed by atoms with Gasteiger partial charge in [-0.3, -0.25) is 0 Å². The fraction of sp³-hybridized carbons (Fsp3) is 0.0556. The Morgan fingerprint density at radius 3 is 2.92 bits per heavy atom. The van der Waals surface area contributed by atoms with E-state index in [0.29, 0.717) is 11.6 Å². The van der Waals surface area contributed by atoms with Crippen molar-refractivity contribution in [1.29, 1.82) is 0 Å².